The summed E-state index contributed by atoms with van der Waals surface area (Å²) in [6.45, 7) is 15.3. The fourth-order valence-corrected chi connectivity index (χ4v) is 8.24. The normalized spacial score (nSPS) is 35.0. The number of nitrogens with zero attached hydrogens (tertiary/aromatic N) is 2. The quantitative estimate of drug-likeness (QED) is 0.0767. The molecule has 0 saturated carbocycles. The molecule has 0 aromatic rings. The Labute approximate surface area is 324 Å². The molecule has 0 radical (unpaired) electrons. The number of halogens is 1. The lowest BCUT2D eigenvalue weighted by Crippen LogP contribution is -3.00. The van der Waals surface area contributed by atoms with Crippen molar-refractivity contribution in [3.8, 4) is 0 Å². The number of carbonyl (C=O) groups is 2. The van der Waals surface area contributed by atoms with E-state index in [1.54, 1.807) is 17.9 Å². The number of hydrogen-bond acceptors (Lipinski definition) is 8. The maximum atomic E-state index is 13.5. The number of cyclic esters (lactones) is 1. The summed E-state index contributed by atoms with van der Waals surface area (Å²) in [4.78, 5) is 28.2. The minimum atomic E-state index is -1.45. The molecule has 51 heavy (non-hydrogen) atoms. The van der Waals surface area contributed by atoms with Crippen LogP contribution in [0.3, 0.4) is 0 Å². The van der Waals surface area contributed by atoms with Gasteiger partial charge in [0.2, 0.25) is 0 Å². The molecule has 3 saturated heterocycles. The number of aliphatic hydroxyl groups excluding tert-OH is 2. The zero-order valence-electron chi connectivity index (χ0n) is 32.2. The monoisotopic (exact) mass is 830 g/mol. The molecule has 10 atom stereocenters. The summed E-state index contributed by atoms with van der Waals surface area (Å²) < 4.78 is 18.9. The molecule has 1 amide bonds. The number of allylic oxidation sites excluding steroid dienone is 3. The standard InChI is InChI=1S/C40H67N2O8.HI/c1-8-33(44)30(5)38-34(48-38)25-27(2)13-12-14-28(3)37-29(4)15-16-35(40(6,47)20-17-32(43)26-36(45)50-37)49-39(46)41-21-18-31(19-22-41)42(7)23-10-9-11-24-42;/h12-16,27,29-35,37-38,43-44,47H,8-11,17-26H2,1-7H3;1H/q+1;/p-1/b13-12+,16-15+,28-14+;/t27-,29+,30-,32-,33+,34-,35+,37-,38-,40-;/m1./s1. The number of likely N-dealkylation sites (tertiary alicyclic amines) is 2. The van der Waals surface area contributed by atoms with Crippen LogP contribution in [0, 0.1) is 17.8 Å². The van der Waals surface area contributed by atoms with Crippen molar-refractivity contribution in [2.24, 2.45) is 17.8 Å². The lowest BCUT2D eigenvalue weighted by Gasteiger charge is -2.47. The van der Waals surface area contributed by atoms with Crippen LogP contribution in [-0.4, -0.2) is 118 Å². The van der Waals surface area contributed by atoms with Gasteiger partial charge in [0.25, 0.3) is 0 Å². The van der Waals surface area contributed by atoms with Crippen LogP contribution in [0.1, 0.15) is 106 Å². The lowest BCUT2D eigenvalue weighted by molar-refractivity contribution is -0.938. The molecule has 4 aliphatic heterocycles. The van der Waals surface area contributed by atoms with E-state index in [4.69, 9.17) is 14.2 Å². The van der Waals surface area contributed by atoms with Crippen molar-refractivity contribution < 1.29 is 67.6 Å². The molecule has 0 aliphatic carbocycles. The first kappa shape index (κ1) is 43.9. The highest BCUT2D eigenvalue weighted by Gasteiger charge is 2.45. The van der Waals surface area contributed by atoms with Gasteiger partial charge in [-0.3, -0.25) is 4.79 Å². The first-order valence-electron chi connectivity index (χ1n) is 19.4. The van der Waals surface area contributed by atoms with Crippen LogP contribution in [0.4, 0.5) is 4.79 Å². The number of amides is 1. The van der Waals surface area contributed by atoms with Gasteiger partial charge in [0, 0.05) is 37.8 Å². The highest BCUT2D eigenvalue weighted by atomic mass is 127. The minimum absolute atomic E-state index is 0. The Kier molecular flexibility index (Phi) is 17.0. The largest absolute Gasteiger partial charge is 1.00 e. The third-order valence-corrected chi connectivity index (χ3v) is 12.0. The lowest BCUT2D eigenvalue weighted by atomic mass is 9.88. The Morgan fingerprint density at radius 2 is 1.82 bits per heavy atom. The van der Waals surface area contributed by atoms with Gasteiger partial charge in [-0.05, 0) is 76.4 Å². The fourth-order valence-electron chi connectivity index (χ4n) is 8.24. The van der Waals surface area contributed by atoms with Crippen LogP contribution in [0.15, 0.2) is 36.0 Å². The zero-order chi connectivity index (χ0) is 36.6. The number of quaternary nitrogens is 1. The van der Waals surface area contributed by atoms with Gasteiger partial charge in [-0.1, -0.05) is 52.0 Å². The molecule has 4 aliphatic rings. The predicted molar refractivity (Wildman–Crippen MR) is 194 cm³/mol. The average Bonchev–Trinajstić information content (AvgIpc) is 3.85. The van der Waals surface area contributed by atoms with Crippen molar-refractivity contribution in [1.82, 2.24) is 4.90 Å². The summed E-state index contributed by atoms with van der Waals surface area (Å²) in [5.74, 6) is -0.429. The van der Waals surface area contributed by atoms with Crippen LogP contribution in [-0.2, 0) is 19.0 Å². The second-order valence-corrected chi connectivity index (χ2v) is 16.4. The molecule has 3 N–H and O–H groups in total. The second-order valence-electron chi connectivity index (χ2n) is 16.4. The predicted octanol–water partition coefficient (Wildman–Crippen LogP) is 2.69. The summed E-state index contributed by atoms with van der Waals surface area (Å²) in [6, 6.07) is 0.550. The third-order valence-electron chi connectivity index (χ3n) is 12.0. The van der Waals surface area contributed by atoms with Crippen LogP contribution >= 0.6 is 0 Å². The highest BCUT2D eigenvalue weighted by Crippen LogP contribution is 2.36. The van der Waals surface area contributed by atoms with Crippen molar-refractivity contribution >= 4 is 12.1 Å². The van der Waals surface area contributed by atoms with E-state index in [2.05, 4.69) is 20.0 Å². The number of hydrogen-bond donors (Lipinski definition) is 3. The Balaban J connectivity index is 0.00000702. The summed E-state index contributed by atoms with van der Waals surface area (Å²) in [5, 5.41) is 32.4. The Bertz CT molecular complexity index is 1210. The van der Waals surface area contributed by atoms with Crippen LogP contribution in [0.2, 0.25) is 0 Å². The molecule has 4 heterocycles. The smallest absolute Gasteiger partial charge is 0.410 e. The summed E-state index contributed by atoms with van der Waals surface area (Å²) in [6.07, 6.45) is 13.9. The minimum Gasteiger partial charge on any atom is -1.00 e. The first-order valence-corrected chi connectivity index (χ1v) is 19.4. The molecule has 11 heteroatoms. The van der Waals surface area contributed by atoms with Crippen molar-refractivity contribution in [1.29, 1.82) is 0 Å². The number of ether oxygens (including phenoxy) is 3. The number of rotatable bonds is 10. The summed E-state index contributed by atoms with van der Waals surface area (Å²) in [5.41, 5.74) is -0.615. The number of esters is 1. The first-order chi connectivity index (χ1) is 23.6. The van der Waals surface area contributed by atoms with E-state index in [9.17, 15) is 24.9 Å². The molecule has 0 aromatic carbocycles. The van der Waals surface area contributed by atoms with Crippen molar-refractivity contribution in [3.05, 3.63) is 36.0 Å². The number of piperidine rings is 2. The van der Waals surface area contributed by atoms with Gasteiger partial charge in [0.15, 0.2) is 6.10 Å². The molecule has 292 valence electrons. The third kappa shape index (κ3) is 12.5. The topological polar surface area (TPSA) is 129 Å². The van der Waals surface area contributed by atoms with Crippen LogP contribution in [0.25, 0.3) is 0 Å². The molecule has 0 unspecified atom stereocenters. The number of epoxide rings is 1. The van der Waals surface area contributed by atoms with Gasteiger partial charge in [0.1, 0.15) is 11.7 Å². The molecular weight excluding hydrogens is 763 g/mol. The molecule has 0 bridgehead atoms. The van der Waals surface area contributed by atoms with Gasteiger partial charge in [-0.15, -0.1) is 0 Å². The summed E-state index contributed by atoms with van der Waals surface area (Å²) >= 11 is 0. The van der Waals surface area contributed by atoms with E-state index < -0.39 is 36.0 Å². The van der Waals surface area contributed by atoms with E-state index in [0.717, 1.165) is 35.7 Å². The number of aliphatic hydroxyl groups is 3. The molecule has 0 spiro atoms. The highest BCUT2D eigenvalue weighted by molar-refractivity contribution is 5.70. The van der Waals surface area contributed by atoms with E-state index in [0.29, 0.717) is 19.1 Å². The van der Waals surface area contributed by atoms with Gasteiger partial charge in [0.05, 0.1) is 57.0 Å². The van der Waals surface area contributed by atoms with E-state index in [-0.39, 0.29) is 79.3 Å². The van der Waals surface area contributed by atoms with Crippen molar-refractivity contribution in [3.63, 3.8) is 0 Å². The molecular formula is C40H67IN2O8. The maximum absolute atomic E-state index is 13.5. The van der Waals surface area contributed by atoms with Gasteiger partial charge in [-0.2, -0.15) is 0 Å². The Morgan fingerprint density at radius 1 is 1.16 bits per heavy atom. The summed E-state index contributed by atoms with van der Waals surface area (Å²) in [7, 11) is 2.36. The number of carbonyl (C=O) groups excluding carboxylic acids is 2. The maximum Gasteiger partial charge on any atom is 0.410 e. The van der Waals surface area contributed by atoms with E-state index in [1.165, 1.54) is 32.4 Å². The van der Waals surface area contributed by atoms with Gasteiger partial charge < -0.3 is 62.9 Å². The molecule has 4 rings (SSSR count). The second kappa shape index (κ2) is 19.7. The van der Waals surface area contributed by atoms with E-state index >= 15 is 0 Å². The molecule has 3 fully saturated rings. The van der Waals surface area contributed by atoms with Crippen molar-refractivity contribution in [2.45, 2.75) is 154 Å². The van der Waals surface area contributed by atoms with Gasteiger partial charge >= 0.3 is 12.1 Å². The zero-order valence-corrected chi connectivity index (χ0v) is 34.4. The fraction of sp³-hybridized carbons (Fsp3) is 0.800. The SMILES string of the molecule is CC[C@H](O)[C@@H](C)[C@H]1O[C@@H]1C[C@H](C)/C=C/C=C(\C)[C@H]1OC(=O)C[C@H](O)CC[C@@](C)(O)[C@@H](OC(=O)N2CCC([N+]3(C)CCCCC3)CC2)/C=C/[C@@H]1C.[I-]. The average molecular weight is 831 g/mol. The molecule has 10 nitrogen and oxygen atoms in total. The van der Waals surface area contributed by atoms with Gasteiger partial charge in [-0.25, -0.2) is 4.79 Å². The van der Waals surface area contributed by atoms with Crippen molar-refractivity contribution in [2.75, 3.05) is 33.2 Å². The Morgan fingerprint density at radius 3 is 2.47 bits per heavy atom. The van der Waals surface area contributed by atoms with E-state index in [1.807, 2.05) is 45.9 Å². The molecule has 0 aromatic heterocycles. The Hall–Kier alpha value is -1.51. The van der Waals surface area contributed by atoms with Crippen LogP contribution < -0.4 is 24.0 Å². The van der Waals surface area contributed by atoms with Crippen LogP contribution in [0.5, 0.6) is 0 Å².